The lowest BCUT2D eigenvalue weighted by Gasteiger charge is -2.41. The zero-order valence-electron chi connectivity index (χ0n) is 63.8. The molecular formula is C73H116N14O18S. The number of likely N-dealkylation sites (tertiary alicyclic amines) is 2. The van der Waals surface area contributed by atoms with Crippen LogP contribution in [0.15, 0.2) is 54.6 Å². The average Bonchev–Trinajstić information content (AvgIpc) is 1.41. The van der Waals surface area contributed by atoms with Crippen LogP contribution in [-0.2, 0) is 78.4 Å². The summed E-state index contributed by atoms with van der Waals surface area (Å²) in [5.41, 5.74) is 12.1. The fraction of sp³-hybridized carbons (Fsp3) is 0.658. The summed E-state index contributed by atoms with van der Waals surface area (Å²) >= 11 is 1.01. The van der Waals surface area contributed by atoms with Crippen molar-refractivity contribution < 1.29 is 86.5 Å². The molecule has 14 atom stereocenters. The zero-order valence-corrected chi connectivity index (χ0v) is 64.7. The molecule has 2 fully saturated rings. The van der Waals surface area contributed by atoms with Gasteiger partial charge in [-0.2, -0.15) is 0 Å². The standard InChI is InChI=1S/C73H116N14O18S/c1-15-44(8)62(53(102-13)36-57(90)86-35-23-27-52(86)64(103-14)45(9)66(94)78-46(10)63(92)48-24-18-16-19-25-48)84(11)71(99)60(42(4)5)83-69(97)61(43(6)7)85(12)73(101)104-38-47-29-31-49(32-30-47)79-67(95)50(26-22-33-77-72(75)100)81-68(96)59(41(2)3)82-55(88)28-20-17-21-34-87-58(91)37-54(70(87)98)106-40-51(65(74)93)80-56(89)39-105-76/h16,18-19,24-25,29-32,41-46,50-54,59-64,92H,15,17,20-23,26-28,33-40,76H2,1-14H3,(H2,74,93)(H,78,94)(H,79,95)(H,80,89)(H,81,96)(H,82,88)(H,83,97)(H3,75,77,100)/t44?,45-,46-,50+,51?,52+,53-,54?,59+,60+,61+,62+,63-,64-/m1/s1. The number of likely N-dealkylation sites (N-methyl/N-ethyl adjacent to an activating group) is 2. The number of ether oxygens (including phenoxy) is 3. The molecule has 33 heteroatoms. The molecule has 0 aliphatic carbocycles. The second kappa shape index (κ2) is 44.6. The maximum atomic E-state index is 14.9. The van der Waals surface area contributed by atoms with Crippen molar-refractivity contribution in [2.45, 2.75) is 218 Å². The number of carbonyl (C=O) groups is 13. The van der Waals surface area contributed by atoms with E-state index in [0.717, 1.165) is 21.6 Å². The number of unbranched alkanes of at least 4 members (excludes halogenated alkanes) is 2. The number of hydrogen-bond donors (Lipinski definition) is 11. The SMILES string of the molecule is CCC(C)[C@@H]([C@@H](CC(=O)N1CCC[C@H]1[C@H](OC)[C@@H](C)C(=O)N[C@H](C)[C@@H](O)c1ccccc1)OC)N(C)C(=O)[C@@H](NC(=O)[C@H](C(C)C)N(C)C(=O)OCc1ccc(NC(=O)[C@H](CCCNC(N)=O)NC(=O)[C@@H](NC(=O)CCCCCN2C(=O)CC(SCC(NC(=O)CON)C(N)=O)C2=O)C(C)C)cc1)C(C)C. The van der Waals surface area contributed by atoms with E-state index in [1.165, 1.54) is 26.2 Å². The molecule has 14 N–H and O–H groups in total. The van der Waals surface area contributed by atoms with Crippen LogP contribution in [0.1, 0.15) is 157 Å². The van der Waals surface area contributed by atoms with Crippen molar-refractivity contribution in [2.75, 3.05) is 65.6 Å². The van der Waals surface area contributed by atoms with Crippen molar-refractivity contribution in [1.82, 2.24) is 51.5 Å². The van der Waals surface area contributed by atoms with E-state index in [4.69, 9.17) is 31.6 Å². The Kier molecular flexibility index (Phi) is 37.8. The van der Waals surface area contributed by atoms with Gasteiger partial charge in [-0.1, -0.05) is 118 Å². The summed E-state index contributed by atoms with van der Waals surface area (Å²) in [4.78, 5) is 183. The first kappa shape index (κ1) is 89.9. The molecule has 2 aliphatic heterocycles. The predicted molar refractivity (Wildman–Crippen MR) is 396 cm³/mol. The third-order valence-corrected chi connectivity index (χ3v) is 20.7. The number of nitrogens with one attached hydrogen (secondary N) is 7. The fourth-order valence-electron chi connectivity index (χ4n) is 13.1. The van der Waals surface area contributed by atoms with E-state index in [0.29, 0.717) is 61.9 Å². The van der Waals surface area contributed by atoms with Gasteiger partial charge in [0.1, 0.15) is 43.4 Å². The number of nitrogens with two attached hydrogens (primary N) is 3. The number of primary amides is 2. The minimum atomic E-state index is -1.16. The quantitative estimate of drug-likeness (QED) is 0.0258. The number of imide groups is 1. The lowest BCUT2D eigenvalue weighted by atomic mass is 9.89. The van der Waals surface area contributed by atoms with E-state index in [1.807, 2.05) is 32.0 Å². The summed E-state index contributed by atoms with van der Waals surface area (Å²) in [6.45, 7) is 17.7. The van der Waals surface area contributed by atoms with Crippen LogP contribution in [0, 0.1) is 29.6 Å². The van der Waals surface area contributed by atoms with Gasteiger partial charge in [0.15, 0.2) is 0 Å². The molecule has 592 valence electrons. The first-order valence-corrected chi connectivity index (χ1v) is 37.4. The topological polar surface area (TPSA) is 454 Å². The number of aliphatic hydroxyl groups is 1. The summed E-state index contributed by atoms with van der Waals surface area (Å²) < 4.78 is 17.8. The highest BCUT2D eigenvalue weighted by molar-refractivity contribution is 8.00. The van der Waals surface area contributed by atoms with Crippen molar-refractivity contribution in [1.29, 1.82) is 0 Å². The second-order valence-electron chi connectivity index (χ2n) is 28.4. The largest absolute Gasteiger partial charge is 0.445 e. The molecular weight excluding hydrogens is 1390 g/mol. The van der Waals surface area contributed by atoms with Gasteiger partial charge in [0.25, 0.3) is 0 Å². The molecule has 14 amide bonds. The Morgan fingerprint density at radius 2 is 1.38 bits per heavy atom. The number of methoxy groups -OCH3 is 2. The minimum Gasteiger partial charge on any atom is -0.445 e. The molecule has 2 aliphatic rings. The summed E-state index contributed by atoms with van der Waals surface area (Å²) in [5, 5.41) is 29.2. The van der Waals surface area contributed by atoms with Gasteiger partial charge in [-0.25, -0.2) is 15.5 Å². The molecule has 2 heterocycles. The van der Waals surface area contributed by atoms with Gasteiger partial charge in [0.2, 0.25) is 65.0 Å². The minimum absolute atomic E-state index is 0.00176. The summed E-state index contributed by atoms with van der Waals surface area (Å²) in [6.07, 6.45) is -0.204. The van der Waals surface area contributed by atoms with Crippen LogP contribution in [0.2, 0.25) is 0 Å². The van der Waals surface area contributed by atoms with Crippen molar-refractivity contribution in [2.24, 2.45) is 47.0 Å². The molecule has 0 radical (unpaired) electrons. The van der Waals surface area contributed by atoms with E-state index < -0.39 is 167 Å². The summed E-state index contributed by atoms with van der Waals surface area (Å²) in [5.74, 6) is -3.14. The van der Waals surface area contributed by atoms with Crippen LogP contribution >= 0.6 is 11.8 Å². The van der Waals surface area contributed by atoms with Gasteiger partial charge < -0.3 is 77.8 Å². The summed E-state index contributed by atoms with van der Waals surface area (Å²) in [6, 6.07) is 7.29. The number of carbonyl (C=O) groups excluding carboxylic acids is 13. The van der Waals surface area contributed by atoms with Crippen LogP contribution in [0.3, 0.4) is 0 Å². The van der Waals surface area contributed by atoms with E-state index in [-0.39, 0.29) is 75.3 Å². The van der Waals surface area contributed by atoms with Crippen LogP contribution < -0.4 is 54.6 Å². The Balaban J connectivity index is 1.34. The maximum Gasteiger partial charge on any atom is 0.410 e. The number of rotatable bonds is 45. The van der Waals surface area contributed by atoms with E-state index in [2.05, 4.69) is 42.1 Å². The highest BCUT2D eigenvalue weighted by Crippen LogP contribution is 2.31. The molecule has 32 nitrogen and oxygen atoms in total. The molecule has 0 spiro atoms. The number of nitrogens with zero attached hydrogens (tertiary/aromatic N) is 4. The van der Waals surface area contributed by atoms with Gasteiger partial charge in [0.05, 0.1) is 54.0 Å². The Bertz CT molecular complexity index is 3260. The first-order valence-electron chi connectivity index (χ1n) is 36.4. The van der Waals surface area contributed by atoms with Gasteiger partial charge in [-0.3, -0.25) is 67.4 Å². The third kappa shape index (κ3) is 27.1. The summed E-state index contributed by atoms with van der Waals surface area (Å²) in [7, 11) is 6.04. The number of amides is 14. The van der Waals surface area contributed by atoms with Crippen LogP contribution in [0.25, 0.3) is 0 Å². The number of hydrogen-bond acceptors (Lipinski definition) is 20. The molecule has 3 unspecified atom stereocenters. The Hall–Kier alpha value is -8.50. The van der Waals surface area contributed by atoms with E-state index >= 15 is 0 Å². The molecule has 2 aromatic rings. The van der Waals surface area contributed by atoms with Gasteiger partial charge in [-0.15, -0.1) is 11.8 Å². The van der Waals surface area contributed by atoms with E-state index in [9.17, 15) is 67.4 Å². The van der Waals surface area contributed by atoms with Crippen molar-refractivity contribution in [3.8, 4) is 0 Å². The van der Waals surface area contributed by atoms with E-state index in [1.54, 1.807) is 104 Å². The highest BCUT2D eigenvalue weighted by Gasteiger charge is 2.45. The lowest BCUT2D eigenvalue weighted by molar-refractivity contribution is -0.148. The number of anilines is 1. The van der Waals surface area contributed by atoms with Crippen LogP contribution in [0.4, 0.5) is 15.3 Å². The molecule has 4 rings (SSSR count). The second-order valence-corrected chi connectivity index (χ2v) is 29.6. The number of benzene rings is 2. The Morgan fingerprint density at radius 3 is 1.96 bits per heavy atom. The number of aliphatic hydroxyl groups excluding tert-OH is 1. The zero-order chi connectivity index (χ0) is 79.2. The molecule has 0 saturated carbocycles. The number of urea groups is 1. The lowest BCUT2D eigenvalue weighted by Crippen LogP contribution is -2.60. The smallest absolute Gasteiger partial charge is 0.410 e. The van der Waals surface area contributed by atoms with Gasteiger partial charge in [0, 0.05) is 72.2 Å². The monoisotopic (exact) mass is 1510 g/mol. The van der Waals surface area contributed by atoms with Crippen molar-refractivity contribution in [3.05, 3.63) is 65.7 Å². The molecule has 106 heavy (non-hydrogen) atoms. The number of thioether (sulfide) groups is 1. The predicted octanol–water partition coefficient (Wildman–Crippen LogP) is 2.87. The molecule has 0 aromatic heterocycles. The molecule has 2 saturated heterocycles. The van der Waals surface area contributed by atoms with Gasteiger partial charge >= 0.3 is 12.1 Å². The fourth-order valence-corrected chi connectivity index (χ4v) is 14.4. The molecule has 0 bridgehead atoms. The first-order chi connectivity index (χ1) is 50.1. The van der Waals surface area contributed by atoms with Crippen molar-refractivity contribution >= 4 is 94.6 Å². The van der Waals surface area contributed by atoms with Gasteiger partial charge in [-0.05, 0) is 92.4 Å². The Morgan fingerprint density at radius 1 is 0.717 bits per heavy atom. The highest BCUT2D eigenvalue weighted by atomic mass is 32.2. The molecule has 2 aromatic carbocycles. The van der Waals surface area contributed by atoms with Crippen molar-refractivity contribution in [3.63, 3.8) is 0 Å². The van der Waals surface area contributed by atoms with Crippen LogP contribution in [0.5, 0.6) is 0 Å². The average molecular weight is 1510 g/mol. The third-order valence-electron chi connectivity index (χ3n) is 19.4. The normalized spacial score (nSPS) is 17.8. The Labute approximate surface area is 626 Å². The maximum absolute atomic E-state index is 14.9. The van der Waals surface area contributed by atoms with Crippen LogP contribution in [-0.4, -0.2) is 228 Å².